The molecule has 1 N–H and O–H groups in total. The fraction of sp³-hybridized carbons (Fsp3) is 0.500. The van der Waals surface area contributed by atoms with E-state index in [-0.39, 0.29) is 12.0 Å². The number of carbonyl (C=O) groups excluding carboxylic acids is 1. The summed E-state index contributed by atoms with van der Waals surface area (Å²) in [5.41, 5.74) is 0.897. The number of amides is 1. The van der Waals surface area contributed by atoms with Gasteiger partial charge in [0.25, 0.3) is 0 Å². The predicted molar refractivity (Wildman–Crippen MR) is 99.5 cm³/mol. The molecule has 0 unspecified atom stereocenters. The Kier molecular flexibility index (Phi) is 4.51. The van der Waals surface area contributed by atoms with Crippen molar-refractivity contribution in [2.75, 3.05) is 5.32 Å². The summed E-state index contributed by atoms with van der Waals surface area (Å²) in [6, 6.07) is 5.77. The highest BCUT2D eigenvalue weighted by molar-refractivity contribution is 6.04. The lowest BCUT2D eigenvalue weighted by Gasteiger charge is -2.14. The van der Waals surface area contributed by atoms with Gasteiger partial charge in [0.05, 0.1) is 22.9 Å². The molecule has 3 heterocycles. The van der Waals surface area contributed by atoms with Crippen molar-refractivity contribution in [2.45, 2.75) is 51.7 Å². The number of aryl methyl sites for hydroxylation is 2. The summed E-state index contributed by atoms with van der Waals surface area (Å²) in [4.78, 5) is 13.1. The van der Waals surface area contributed by atoms with Crippen molar-refractivity contribution in [1.29, 1.82) is 0 Å². The van der Waals surface area contributed by atoms with Gasteiger partial charge in [0.15, 0.2) is 11.6 Å². The predicted octanol–water partition coefficient (Wildman–Crippen LogP) is 2.25. The summed E-state index contributed by atoms with van der Waals surface area (Å²) in [5.74, 6) is 1.28. The number of ether oxygens (including phenoxy) is 1. The van der Waals surface area contributed by atoms with Crippen molar-refractivity contribution in [2.24, 2.45) is 7.05 Å². The molecule has 0 aliphatic carbocycles. The van der Waals surface area contributed by atoms with Crippen LogP contribution in [0.25, 0.3) is 10.9 Å². The molecule has 2 aromatic heterocycles. The SMILES string of the molecule is CC(C)Oc1cccc2c1c(NC(=O)[C@@H]1CCCCn3nnnc31)nn2C. The van der Waals surface area contributed by atoms with Crippen LogP contribution in [0.1, 0.15) is 44.9 Å². The summed E-state index contributed by atoms with van der Waals surface area (Å²) >= 11 is 0. The van der Waals surface area contributed by atoms with Gasteiger partial charge in [0.1, 0.15) is 5.75 Å². The number of carbonyl (C=O) groups is 1. The van der Waals surface area contributed by atoms with Crippen LogP contribution in [0.2, 0.25) is 0 Å². The van der Waals surface area contributed by atoms with Gasteiger partial charge in [-0.1, -0.05) is 12.5 Å². The van der Waals surface area contributed by atoms with Crippen LogP contribution in [-0.2, 0) is 18.4 Å². The Morgan fingerprint density at radius 3 is 3.00 bits per heavy atom. The molecule has 1 aromatic carbocycles. The molecule has 9 nitrogen and oxygen atoms in total. The van der Waals surface area contributed by atoms with Gasteiger partial charge in [-0.05, 0) is 49.2 Å². The van der Waals surface area contributed by atoms with Gasteiger partial charge in [0, 0.05) is 13.6 Å². The smallest absolute Gasteiger partial charge is 0.236 e. The van der Waals surface area contributed by atoms with Gasteiger partial charge in [0.2, 0.25) is 5.91 Å². The van der Waals surface area contributed by atoms with E-state index in [2.05, 4.69) is 25.9 Å². The maximum absolute atomic E-state index is 13.1. The lowest BCUT2D eigenvalue weighted by atomic mass is 10.0. The third-order valence-electron chi connectivity index (χ3n) is 4.74. The topological polar surface area (TPSA) is 99.8 Å². The van der Waals surface area contributed by atoms with Crippen molar-refractivity contribution in [3.8, 4) is 5.75 Å². The van der Waals surface area contributed by atoms with Crippen LogP contribution < -0.4 is 10.1 Å². The maximum Gasteiger partial charge on any atom is 0.236 e. The molecule has 1 aliphatic heterocycles. The Balaban J connectivity index is 1.69. The summed E-state index contributed by atoms with van der Waals surface area (Å²) in [6.45, 7) is 4.68. The van der Waals surface area contributed by atoms with Gasteiger partial charge in [-0.3, -0.25) is 9.48 Å². The molecular weight excluding hydrogens is 346 g/mol. The van der Waals surface area contributed by atoms with Crippen molar-refractivity contribution in [3.63, 3.8) is 0 Å². The zero-order valence-corrected chi connectivity index (χ0v) is 15.7. The molecule has 0 fully saturated rings. The van der Waals surface area contributed by atoms with Crippen LogP contribution in [0.15, 0.2) is 18.2 Å². The van der Waals surface area contributed by atoms with E-state index < -0.39 is 5.92 Å². The first-order chi connectivity index (χ1) is 13.0. The van der Waals surface area contributed by atoms with Crippen LogP contribution in [0.4, 0.5) is 5.82 Å². The van der Waals surface area contributed by atoms with E-state index in [4.69, 9.17) is 4.74 Å². The second-order valence-corrected chi connectivity index (χ2v) is 7.09. The Labute approximate surface area is 156 Å². The number of fused-ring (bicyclic) bond motifs is 2. The molecule has 142 valence electrons. The van der Waals surface area contributed by atoms with Gasteiger partial charge in [-0.15, -0.1) is 5.10 Å². The van der Waals surface area contributed by atoms with Gasteiger partial charge < -0.3 is 10.1 Å². The quantitative estimate of drug-likeness (QED) is 0.757. The van der Waals surface area contributed by atoms with E-state index in [9.17, 15) is 4.79 Å². The number of benzene rings is 1. The van der Waals surface area contributed by atoms with Crippen molar-refractivity contribution < 1.29 is 9.53 Å². The molecule has 1 amide bonds. The summed E-state index contributed by atoms with van der Waals surface area (Å²) in [6.07, 6.45) is 2.63. The highest BCUT2D eigenvalue weighted by Crippen LogP contribution is 2.34. The molecule has 3 aromatic rings. The summed E-state index contributed by atoms with van der Waals surface area (Å²) in [5, 5.41) is 20.1. The van der Waals surface area contributed by atoms with E-state index >= 15 is 0 Å². The average Bonchev–Trinajstić information content (AvgIpc) is 3.14. The average molecular weight is 369 g/mol. The number of rotatable bonds is 4. The molecular formula is C18H23N7O2. The second kappa shape index (κ2) is 6.98. The molecule has 9 heteroatoms. The first-order valence-electron chi connectivity index (χ1n) is 9.24. The summed E-state index contributed by atoms with van der Waals surface area (Å²) in [7, 11) is 1.85. The highest BCUT2D eigenvalue weighted by Gasteiger charge is 2.29. The lowest BCUT2D eigenvalue weighted by molar-refractivity contribution is -0.117. The summed E-state index contributed by atoms with van der Waals surface area (Å²) < 4.78 is 9.40. The van der Waals surface area contributed by atoms with E-state index in [1.807, 2.05) is 39.1 Å². The fourth-order valence-electron chi connectivity index (χ4n) is 3.53. The molecule has 1 aliphatic rings. The molecule has 27 heavy (non-hydrogen) atoms. The molecule has 0 saturated carbocycles. The number of tetrazole rings is 1. The minimum Gasteiger partial charge on any atom is -0.490 e. The van der Waals surface area contributed by atoms with Gasteiger partial charge in [-0.25, -0.2) is 4.68 Å². The number of hydrogen-bond donors (Lipinski definition) is 1. The van der Waals surface area contributed by atoms with Crippen LogP contribution >= 0.6 is 0 Å². The highest BCUT2D eigenvalue weighted by atomic mass is 16.5. The van der Waals surface area contributed by atoms with Crippen LogP contribution in [0.3, 0.4) is 0 Å². The Morgan fingerprint density at radius 1 is 1.33 bits per heavy atom. The Morgan fingerprint density at radius 2 is 2.19 bits per heavy atom. The first-order valence-corrected chi connectivity index (χ1v) is 9.24. The zero-order valence-electron chi connectivity index (χ0n) is 15.7. The third kappa shape index (κ3) is 3.24. The molecule has 4 rings (SSSR count). The van der Waals surface area contributed by atoms with Crippen LogP contribution in [0.5, 0.6) is 5.75 Å². The van der Waals surface area contributed by atoms with Crippen molar-refractivity contribution >= 4 is 22.6 Å². The fourth-order valence-corrected chi connectivity index (χ4v) is 3.53. The minimum absolute atomic E-state index is 0.0193. The number of aromatic nitrogens is 6. The standard InChI is InChI=1S/C18H23N7O2/c1-11(2)27-14-9-6-8-13-15(14)16(21-24(13)3)19-18(26)12-7-4-5-10-25-17(12)20-22-23-25/h6,8-9,11-12H,4-5,7,10H2,1-3H3,(H,19,21,26)/t12-/m1/s1. The van der Waals surface area contributed by atoms with E-state index in [0.717, 1.165) is 30.3 Å². The number of nitrogens with zero attached hydrogens (tertiary/aromatic N) is 6. The van der Waals surface area contributed by atoms with E-state index in [0.29, 0.717) is 23.8 Å². The molecule has 0 bridgehead atoms. The van der Waals surface area contributed by atoms with Gasteiger partial charge in [-0.2, -0.15) is 5.10 Å². The van der Waals surface area contributed by atoms with E-state index in [1.165, 1.54) is 0 Å². The number of anilines is 1. The molecule has 0 radical (unpaired) electrons. The second-order valence-electron chi connectivity index (χ2n) is 7.09. The van der Waals surface area contributed by atoms with Gasteiger partial charge >= 0.3 is 0 Å². The first kappa shape index (κ1) is 17.4. The molecule has 1 atom stereocenters. The minimum atomic E-state index is -0.391. The molecule has 0 saturated heterocycles. The zero-order chi connectivity index (χ0) is 19.0. The maximum atomic E-state index is 13.1. The number of hydrogen-bond acceptors (Lipinski definition) is 6. The monoisotopic (exact) mass is 369 g/mol. The van der Waals surface area contributed by atoms with Crippen LogP contribution in [-0.4, -0.2) is 42.0 Å². The third-order valence-corrected chi connectivity index (χ3v) is 4.74. The van der Waals surface area contributed by atoms with Crippen molar-refractivity contribution in [3.05, 3.63) is 24.0 Å². The van der Waals surface area contributed by atoms with Crippen molar-refractivity contribution in [1.82, 2.24) is 30.0 Å². The van der Waals surface area contributed by atoms with Crippen LogP contribution in [0, 0.1) is 0 Å². The van der Waals surface area contributed by atoms with E-state index in [1.54, 1.807) is 9.36 Å². The largest absolute Gasteiger partial charge is 0.490 e. The Bertz CT molecular complexity index is 975. The normalized spacial score (nSPS) is 17.0. The Hall–Kier alpha value is -2.97. The lowest BCUT2D eigenvalue weighted by Crippen LogP contribution is -2.23. The number of nitrogens with one attached hydrogen (secondary N) is 1. The molecule has 0 spiro atoms.